The second-order valence-electron chi connectivity index (χ2n) is 6.95. The van der Waals surface area contributed by atoms with Gasteiger partial charge in [0.2, 0.25) is 0 Å². The number of allylic oxidation sites excluding steroid dienone is 2. The molecule has 1 saturated heterocycles. The molecule has 0 aromatic heterocycles. The molecular formula is C20H24O7. The molecule has 1 aliphatic heterocycles. The second-order valence-corrected chi connectivity index (χ2v) is 6.95. The Morgan fingerprint density at radius 3 is 2.74 bits per heavy atom. The van der Waals surface area contributed by atoms with Gasteiger partial charge in [-0.05, 0) is 39.0 Å². The van der Waals surface area contributed by atoms with E-state index in [2.05, 4.69) is 6.58 Å². The van der Waals surface area contributed by atoms with Crippen molar-refractivity contribution in [2.75, 3.05) is 6.61 Å². The van der Waals surface area contributed by atoms with E-state index in [1.165, 1.54) is 19.1 Å². The van der Waals surface area contributed by atoms with Crippen molar-refractivity contribution in [3.63, 3.8) is 0 Å². The van der Waals surface area contributed by atoms with Crippen LogP contribution in [-0.2, 0) is 23.9 Å². The summed E-state index contributed by atoms with van der Waals surface area (Å²) in [5.41, 5.74) is -1.04. The summed E-state index contributed by atoms with van der Waals surface area (Å²) >= 11 is 0. The highest BCUT2D eigenvalue weighted by molar-refractivity contribution is 6.04. The van der Waals surface area contributed by atoms with E-state index in [9.17, 15) is 24.6 Å². The zero-order valence-electron chi connectivity index (χ0n) is 15.6. The van der Waals surface area contributed by atoms with Crippen LogP contribution in [-0.4, -0.2) is 52.4 Å². The van der Waals surface area contributed by atoms with E-state index in [-0.39, 0.29) is 17.6 Å². The summed E-state index contributed by atoms with van der Waals surface area (Å²) in [6.45, 7) is 7.90. The largest absolute Gasteiger partial charge is 0.458 e. The molecule has 0 unspecified atom stereocenters. The molecule has 0 aromatic carbocycles. The molecule has 1 fully saturated rings. The molecule has 0 radical (unpaired) electrons. The van der Waals surface area contributed by atoms with Gasteiger partial charge in [-0.1, -0.05) is 12.7 Å². The van der Waals surface area contributed by atoms with Crippen molar-refractivity contribution in [3.8, 4) is 0 Å². The molecular weight excluding hydrogens is 352 g/mol. The molecule has 0 aromatic rings. The highest BCUT2D eigenvalue weighted by Gasteiger charge is 2.46. The first-order valence-electron chi connectivity index (χ1n) is 8.60. The lowest BCUT2D eigenvalue weighted by molar-refractivity contribution is -0.150. The highest BCUT2D eigenvalue weighted by Crippen LogP contribution is 2.37. The number of aliphatic hydroxyl groups excluding tert-OH is 1. The first kappa shape index (κ1) is 20.8. The fourth-order valence-electron chi connectivity index (χ4n) is 3.02. The maximum atomic E-state index is 12.3. The molecule has 0 saturated carbocycles. The second kappa shape index (κ2) is 8.02. The van der Waals surface area contributed by atoms with Gasteiger partial charge >= 0.3 is 11.9 Å². The van der Waals surface area contributed by atoms with Gasteiger partial charge < -0.3 is 19.7 Å². The molecule has 0 spiro atoms. The Labute approximate surface area is 157 Å². The normalized spacial score (nSPS) is 35.0. The molecule has 2 N–H and O–H groups in total. The van der Waals surface area contributed by atoms with E-state index < -0.39 is 48.1 Å². The van der Waals surface area contributed by atoms with Crippen LogP contribution in [0, 0.1) is 5.92 Å². The predicted molar refractivity (Wildman–Crippen MR) is 96.4 cm³/mol. The van der Waals surface area contributed by atoms with E-state index in [1.54, 1.807) is 19.9 Å². The van der Waals surface area contributed by atoms with Crippen LogP contribution in [0.15, 0.2) is 47.6 Å². The smallest absolute Gasteiger partial charge is 0.334 e. The molecule has 7 heteroatoms. The Balaban J connectivity index is 2.53. The molecule has 0 amide bonds. The lowest BCUT2D eigenvalue weighted by Crippen LogP contribution is -2.40. The SMILES string of the molecule is C=C1C(=O)O[C@H]2/C=C(/CO)C(=O)/C=C\[C@](C)(O)C[C@@H](OC(=O)/C(C)=C\C)[C@H]12. The van der Waals surface area contributed by atoms with Crippen LogP contribution in [0.3, 0.4) is 0 Å². The number of hydrogen-bond donors (Lipinski definition) is 2. The van der Waals surface area contributed by atoms with Crippen molar-refractivity contribution in [2.45, 2.75) is 45.0 Å². The Kier molecular flexibility index (Phi) is 6.18. The van der Waals surface area contributed by atoms with Crippen molar-refractivity contribution in [2.24, 2.45) is 5.92 Å². The van der Waals surface area contributed by atoms with Crippen LogP contribution < -0.4 is 0 Å². The lowest BCUT2D eigenvalue weighted by atomic mass is 9.82. The maximum Gasteiger partial charge on any atom is 0.334 e. The van der Waals surface area contributed by atoms with Gasteiger partial charge in [-0.15, -0.1) is 0 Å². The van der Waals surface area contributed by atoms with E-state index in [1.807, 2.05) is 0 Å². The van der Waals surface area contributed by atoms with Gasteiger partial charge in [-0.3, -0.25) is 4.79 Å². The Morgan fingerprint density at radius 2 is 2.15 bits per heavy atom. The number of fused-ring (bicyclic) bond motifs is 1. The molecule has 0 bridgehead atoms. The first-order chi connectivity index (χ1) is 12.6. The number of ether oxygens (including phenoxy) is 2. The van der Waals surface area contributed by atoms with Gasteiger partial charge in [0.25, 0.3) is 0 Å². The number of aliphatic hydroxyl groups is 2. The van der Waals surface area contributed by atoms with Crippen LogP contribution in [0.1, 0.15) is 27.2 Å². The minimum absolute atomic E-state index is 0.0103. The summed E-state index contributed by atoms with van der Waals surface area (Å²) in [4.78, 5) is 36.6. The monoisotopic (exact) mass is 376 g/mol. The predicted octanol–water partition coefficient (Wildman–Crippen LogP) is 1.16. The van der Waals surface area contributed by atoms with Crippen molar-refractivity contribution >= 4 is 17.7 Å². The fraction of sp³-hybridized carbons (Fsp3) is 0.450. The van der Waals surface area contributed by atoms with Crippen LogP contribution in [0.5, 0.6) is 0 Å². The highest BCUT2D eigenvalue weighted by atomic mass is 16.6. The average molecular weight is 376 g/mol. The van der Waals surface area contributed by atoms with Gasteiger partial charge in [0, 0.05) is 23.1 Å². The number of carbonyl (C=O) groups excluding carboxylic acids is 3. The van der Waals surface area contributed by atoms with E-state index in [0.29, 0.717) is 5.57 Å². The molecule has 1 aliphatic carbocycles. The summed E-state index contributed by atoms with van der Waals surface area (Å²) in [6, 6.07) is 0. The lowest BCUT2D eigenvalue weighted by Gasteiger charge is -2.31. The summed E-state index contributed by atoms with van der Waals surface area (Å²) in [7, 11) is 0. The molecule has 1 heterocycles. The van der Waals surface area contributed by atoms with Crippen LogP contribution in [0.4, 0.5) is 0 Å². The van der Waals surface area contributed by atoms with Gasteiger partial charge in [-0.2, -0.15) is 0 Å². The number of rotatable bonds is 3. The Hall–Kier alpha value is -2.51. The summed E-state index contributed by atoms with van der Waals surface area (Å²) in [5, 5.41) is 20.1. The number of hydrogen-bond acceptors (Lipinski definition) is 7. The minimum Gasteiger partial charge on any atom is -0.458 e. The van der Waals surface area contributed by atoms with E-state index in [4.69, 9.17) is 9.47 Å². The third kappa shape index (κ3) is 4.61. The molecule has 27 heavy (non-hydrogen) atoms. The maximum absolute atomic E-state index is 12.3. The summed E-state index contributed by atoms with van der Waals surface area (Å²) in [6.07, 6.45) is 3.41. The quantitative estimate of drug-likeness (QED) is 0.562. The summed E-state index contributed by atoms with van der Waals surface area (Å²) in [5.74, 6) is -2.57. The zero-order valence-corrected chi connectivity index (χ0v) is 15.6. The van der Waals surface area contributed by atoms with Crippen molar-refractivity contribution in [1.29, 1.82) is 0 Å². The Morgan fingerprint density at radius 1 is 1.48 bits per heavy atom. The third-order valence-corrected chi connectivity index (χ3v) is 4.74. The van der Waals surface area contributed by atoms with Crippen molar-refractivity contribution in [3.05, 3.63) is 47.6 Å². The first-order valence-corrected chi connectivity index (χ1v) is 8.60. The van der Waals surface area contributed by atoms with Gasteiger partial charge in [0.05, 0.1) is 18.1 Å². The molecule has 146 valence electrons. The number of carbonyl (C=O) groups is 3. The average Bonchev–Trinajstić information content (AvgIpc) is 2.89. The topological polar surface area (TPSA) is 110 Å². The van der Waals surface area contributed by atoms with E-state index >= 15 is 0 Å². The molecule has 2 rings (SSSR count). The van der Waals surface area contributed by atoms with Crippen molar-refractivity contribution in [1.82, 2.24) is 0 Å². The van der Waals surface area contributed by atoms with E-state index in [0.717, 1.165) is 6.08 Å². The van der Waals surface area contributed by atoms with Crippen LogP contribution in [0.2, 0.25) is 0 Å². The zero-order chi connectivity index (χ0) is 20.4. The van der Waals surface area contributed by atoms with Gasteiger partial charge in [0.15, 0.2) is 5.78 Å². The standard InChI is InChI=1S/C20H24O7/c1-5-11(2)18(23)27-16-9-20(4,25)7-6-14(22)13(10-21)8-15-17(16)12(3)19(24)26-15/h5-8,15-17,21,25H,3,9-10H2,1-2,4H3/b7-6-,11-5-,13-8-/t15-,16+,17+,20-/m0/s1. The number of esters is 2. The van der Waals surface area contributed by atoms with Gasteiger partial charge in [-0.25, -0.2) is 9.59 Å². The fourth-order valence-corrected chi connectivity index (χ4v) is 3.02. The van der Waals surface area contributed by atoms with Crippen LogP contribution in [0.25, 0.3) is 0 Å². The minimum atomic E-state index is -1.50. The Bertz CT molecular complexity index is 754. The summed E-state index contributed by atoms with van der Waals surface area (Å²) < 4.78 is 10.8. The van der Waals surface area contributed by atoms with Gasteiger partial charge in [0.1, 0.15) is 12.2 Å². The third-order valence-electron chi connectivity index (χ3n) is 4.74. The van der Waals surface area contributed by atoms with Crippen molar-refractivity contribution < 1.29 is 34.1 Å². The molecule has 7 nitrogen and oxygen atoms in total. The number of ketones is 1. The molecule has 4 atom stereocenters. The molecule has 2 aliphatic rings. The van der Waals surface area contributed by atoms with Crippen LogP contribution >= 0.6 is 0 Å².